The molecular formula is C10H12O4. The molecule has 14 heavy (non-hydrogen) atoms. The summed E-state index contributed by atoms with van der Waals surface area (Å²) in [4.78, 5) is 22.6. The lowest BCUT2D eigenvalue weighted by molar-refractivity contribution is -0.138. The van der Waals surface area contributed by atoms with Crippen molar-refractivity contribution in [2.24, 2.45) is 0 Å². The number of rotatable bonds is 0. The lowest BCUT2D eigenvalue weighted by Gasteiger charge is -2.03. The van der Waals surface area contributed by atoms with E-state index in [0.29, 0.717) is 5.57 Å². The van der Waals surface area contributed by atoms with E-state index in [1.54, 1.807) is 13.8 Å². The van der Waals surface area contributed by atoms with Gasteiger partial charge < -0.3 is 9.47 Å². The van der Waals surface area contributed by atoms with E-state index in [4.69, 9.17) is 9.47 Å². The van der Waals surface area contributed by atoms with E-state index in [9.17, 15) is 9.59 Å². The van der Waals surface area contributed by atoms with Gasteiger partial charge in [-0.3, -0.25) is 0 Å². The van der Waals surface area contributed by atoms with E-state index >= 15 is 0 Å². The highest BCUT2D eigenvalue weighted by molar-refractivity contribution is 5.99. The molecule has 0 radical (unpaired) electrons. The molecule has 0 aliphatic carbocycles. The van der Waals surface area contributed by atoms with Crippen molar-refractivity contribution < 1.29 is 19.1 Å². The molecule has 0 fully saturated rings. The molecule has 0 atom stereocenters. The molecule has 1 heterocycles. The molecule has 0 N–H and O–H groups in total. The highest BCUT2D eigenvalue weighted by atomic mass is 16.5. The maximum atomic E-state index is 11.3. The second-order valence-corrected chi connectivity index (χ2v) is 3.20. The van der Waals surface area contributed by atoms with E-state index in [1.807, 2.05) is 0 Å². The SMILES string of the molecule is C/C1=C/OC(=O)/C(C)=C(/C)C(=O)OC1. The first-order chi connectivity index (χ1) is 6.52. The molecule has 1 aliphatic rings. The quantitative estimate of drug-likeness (QED) is 0.548. The highest BCUT2D eigenvalue weighted by Crippen LogP contribution is 2.11. The lowest BCUT2D eigenvalue weighted by Crippen LogP contribution is -2.10. The van der Waals surface area contributed by atoms with Gasteiger partial charge in [0.2, 0.25) is 0 Å². The molecule has 0 aromatic heterocycles. The fourth-order valence-electron chi connectivity index (χ4n) is 0.870. The summed E-state index contributed by atoms with van der Waals surface area (Å²) in [7, 11) is 0. The monoisotopic (exact) mass is 196 g/mol. The zero-order chi connectivity index (χ0) is 10.7. The van der Waals surface area contributed by atoms with Gasteiger partial charge in [-0.15, -0.1) is 0 Å². The molecule has 0 aromatic carbocycles. The van der Waals surface area contributed by atoms with Crippen LogP contribution in [0.1, 0.15) is 20.8 Å². The van der Waals surface area contributed by atoms with Crippen molar-refractivity contribution in [2.75, 3.05) is 6.61 Å². The van der Waals surface area contributed by atoms with Crippen LogP contribution in [0.2, 0.25) is 0 Å². The maximum Gasteiger partial charge on any atom is 0.339 e. The Morgan fingerprint density at radius 1 is 1.07 bits per heavy atom. The molecule has 0 unspecified atom stereocenters. The molecule has 0 saturated heterocycles. The molecule has 4 nitrogen and oxygen atoms in total. The summed E-state index contributed by atoms with van der Waals surface area (Å²) < 4.78 is 9.72. The summed E-state index contributed by atoms with van der Waals surface area (Å²) in [6.07, 6.45) is 1.30. The van der Waals surface area contributed by atoms with Gasteiger partial charge in [-0.2, -0.15) is 0 Å². The van der Waals surface area contributed by atoms with Crippen molar-refractivity contribution in [3.8, 4) is 0 Å². The van der Waals surface area contributed by atoms with Crippen LogP contribution < -0.4 is 0 Å². The molecule has 0 bridgehead atoms. The predicted octanol–water partition coefficient (Wildman–Crippen LogP) is 1.33. The molecule has 4 heteroatoms. The Morgan fingerprint density at radius 2 is 1.64 bits per heavy atom. The first-order valence-corrected chi connectivity index (χ1v) is 4.23. The van der Waals surface area contributed by atoms with Crippen LogP contribution in [0.25, 0.3) is 0 Å². The summed E-state index contributed by atoms with van der Waals surface area (Å²) in [6, 6.07) is 0. The van der Waals surface area contributed by atoms with Gasteiger partial charge in [0.15, 0.2) is 0 Å². The molecule has 1 rings (SSSR count). The summed E-state index contributed by atoms with van der Waals surface area (Å²) >= 11 is 0. The zero-order valence-corrected chi connectivity index (χ0v) is 8.42. The Labute approximate surface area is 82.2 Å². The minimum Gasteiger partial charge on any atom is -0.458 e. The van der Waals surface area contributed by atoms with Gasteiger partial charge in [0.25, 0.3) is 0 Å². The van der Waals surface area contributed by atoms with Crippen molar-refractivity contribution >= 4 is 11.9 Å². The molecule has 0 amide bonds. The van der Waals surface area contributed by atoms with Crippen LogP contribution in [0.15, 0.2) is 23.0 Å². The number of carbonyl (C=O) groups is 2. The summed E-state index contributed by atoms with van der Waals surface area (Å²) in [5.74, 6) is -0.991. The fourth-order valence-corrected chi connectivity index (χ4v) is 0.870. The highest BCUT2D eigenvalue weighted by Gasteiger charge is 2.17. The van der Waals surface area contributed by atoms with Gasteiger partial charge in [-0.1, -0.05) is 0 Å². The second kappa shape index (κ2) is 4.09. The summed E-state index contributed by atoms with van der Waals surface area (Å²) in [5, 5.41) is 0. The third-order valence-corrected chi connectivity index (χ3v) is 1.97. The van der Waals surface area contributed by atoms with Crippen LogP contribution in [0.4, 0.5) is 0 Å². The number of hydrogen-bond acceptors (Lipinski definition) is 4. The summed E-state index contributed by atoms with van der Waals surface area (Å²) in [6.45, 7) is 4.94. The minimum atomic E-state index is -0.513. The fraction of sp³-hybridized carbons (Fsp3) is 0.400. The van der Waals surface area contributed by atoms with Gasteiger partial charge in [0.1, 0.15) is 6.61 Å². The number of ether oxygens (including phenoxy) is 2. The molecular weight excluding hydrogens is 184 g/mol. The Bertz CT molecular complexity index is 336. The first-order valence-electron chi connectivity index (χ1n) is 4.23. The molecule has 76 valence electrons. The van der Waals surface area contributed by atoms with Gasteiger partial charge in [0, 0.05) is 11.1 Å². The van der Waals surface area contributed by atoms with Gasteiger partial charge >= 0.3 is 11.9 Å². The second-order valence-electron chi connectivity index (χ2n) is 3.20. The smallest absolute Gasteiger partial charge is 0.339 e. The van der Waals surface area contributed by atoms with Crippen molar-refractivity contribution in [1.82, 2.24) is 0 Å². The molecule has 0 aromatic rings. The van der Waals surface area contributed by atoms with Gasteiger partial charge in [-0.05, 0) is 26.3 Å². The largest absolute Gasteiger partial charge is 0.458 e. The summed E-state index contributed by atoms with van der Waals surface area (Å²) in [5.41, 5.74) is 1.26. The van der Waals surface area contributed by atoms with Crippen molar-refractivity contribution in [2.45, 2.75) is 20.8 Å². The average Bonchev–Trinajstić information content (AvgIpc) is 2.21. The van der Waals surface area contributed by atoms with Gasteiger partial charge in [-0.25, -0.2) is 9.59 Å². The maximum absolute atomic E-state index is 11.3. The van der Waals surface area contributed by atoms with Crippen molar-refractivity contribution in [1.29, 1.82) is 0 Å². The van der Waals surface area contributed by atoms with E-state index in [1.165, 1.54) is 13.2 Å². The number of esters is 2. The zero-order valence-electron chi connectivity index (χ0n) is 8.42. The predicted molar refractivity (Wildman–Crippen MR) is 49.2 cm³/mol. The third kappa shape index (κ3) is 2.22. The number of cyclic esters (lactones) is 2. The minimum absolute atomic E-state index is 0.150. The Balaban J connectivity index is 3.02. The van der Waals surface area contributed by atoms with Crippen LogP contribution >= 0.6 is 0 Å². The van der Waals surface area contributed by atoms with E-state index in [-0.39, 0.29) is 17.8 Å². The topological polar surface area (TPSA) is 52.6 Å². The van der Waals surface area contributed by atoms with E-state index < -0.39 is 11.9 Å². The van der Waals surface area contributed by atoms with Crippen molar-refractivity contribution in [3.63, 3.8) is 0 Å². The standard InChI is InChI=1S/C10H12O4/c1-6-4-13-9(11)7(2)8(3)10(12)14-5-6/h4H,5H2,1-3H3/b6-4-,8-7-. The number of carbonyl (C=O) groups excluding carboxylic acids is 2. The van der Waals surface area contributed by atoms with Crippen LogP contribution in [0.5, 0.6) is 0 Å². The number of hydrogen-bond donors (Lipinski definition) is 0. The third-order valence-electron chi connectivity index (χ3n) is 1.97. The van der Waals surface area contributed by atoms with Crippen LogP contribution in [-0.4, -0.2) is 18.5 Å². The van der Waals surface area contributed by atoms with Crippen LogP contribution in [0.3, 0.4) is 0 Å². The van der Waals surface area contributed by atoms with Crippen LogP contribution in [-0.2, 0) is 19.1 Å². The first kappa shape index (κ1) is 10.5. The Hall–Kier alpha value is -1.58. The van der Waals surface area contributed by atoms with Crippen molar-refractivity contribution in [3.05, 3.63) is 23.0 Å². The van der Waals surface area contributed by atoms with E-state index in [2.05, 4.69) is 0 Å². The van der Waals surface area contributed by atoms with Gasteiger partial charge in [0.05, 0.1) is 6.26 Å². The normalized spacial score (nSPS) is 27.8. The van der Waals surface area contributed by atoms with Crippen LogP contribution in [0, 0.1) is 0 Å². The molecule has 1 aliphatic heterocycles. The Morgan fingerprint density at radius 3 is 2.29 bits per heavy atom. The Kier molecular flexibility index (Phi) is 3.06. The molecule has 0 saturated carbocycles. The average molecular weight is 196 g/mol. The molecule has 0 spiro atoms. The lowest BCUT2D eigenvalue weighted by atomic mass is 10.1. The van der Waals surface area contributed by atoms with E-state index in [0.717, 1.165) is 0 Å².